The third-order valence-electron chi connectivity index (χ3n) is 4.75. The first-order valence-electron chi connectivity index (χ1n) is 7.96. The Kier molecular flexibility index (Phi) is 4.58. The molecule has 0 saturated carbocycles. The number of pyridine rings is 1. The highest BCUT2D eigenvalue weighted by molar-refractivity contribution is 5.96. The van der Waals surface area contributed by atoms with Crippen LogP contribution < -0.4 is 5.73 Å². The summed E-state index contributed by atoms with van der Waals surface area (Å²) < 4.78 is 5.40. The molecule has 7 heteroatoms. The zero-order chi connectivity index (χ0) is 16.4. The number of hydrogen-bond acceptors (Lipinski definition) is 5. The molecule has 0 aliphatic carbocycles. The van der Waals surface area contributed by atoms with Crippen molar-refractivity contribution in [3.05, 3.63) is 29.6 Å². The van der Waals surface area contributed by atoms with E-state index in [2.05, 4.69) is 16.8 Å². The summed E-state index contributed by atoms with van der Waals surface area (Å²) in [6.45, 7) is 6.19. The summed E-state index contributed by atoms with van der Waals surface area (Å²) in [5.41, 5.74) is 5.83. The van der Waals surface area contributed by atoms with E-state index in [0.717, 1.165) is 39.3 Å². The largest absolute Gasteiger partial charge is 0.379 e. The molecule has 2 atom stereocenters. The van der Waals surface area contributed by atoms with Gasteiger partial charge in [-0.3, -0.25) is 19.5 Å². The van der Waals surface area contributed by atoms with Crippen molar-refractivity contribution in [1.82, 2.24) is 14.8 Å². The summed E-state index contributed by atoms with van der Waals surface area (Å²) in [5.74, 6) is -0.636. The van der Waals surface area contributed by atoms with Gasteiger partial charge in [-0.25, -0.2) is 0 Å². The van der Waals surface area contributed by atoms with Crippen molar-refractivity contribution in [2.24, 2.45) is 5.73 Å². The maximum atomic E-state index is 12.7. The maximum absolute atomic E-state index is 12.7. The molecule has 124 valence electrons. The second-order valence-corrected chi connectivity index (χ2v) is 6.04. The molecular formula is C16H22N4O3. The van der Waals surface area contributed by atoms with Crippen LogP contribution in [0, 0.1) is 0 Å². The van der Waals surface area contributed by atoms with Gasteiger partial charge in [-0.05, 0) is 25.5 Å². The summed E-state index contributed by atoms with van der Waals surface area (Å²) in [7, 11) is 0. The molecule has 0 radical (unpaired) electrons. The van der Waals surface area contributed by atoms with Crippen molar-refractivity contribution in [2.75, 3.05) is 32.8 Å². The van der Waals surface area contributed by atoms with Crippen molar-refractivity contribution in [2.45, 2.75) is 25.4 Å². The number of nitrogens with two attached hydrogens (primary N) is 1. The highest BCUT2D eigenvalue weighted by atomic mass is 16.5. The standard InChI is InChI=1S/C16H22N4O3/c1-11-14(19-6-8-23-9-7-19)4-5-20(11)16(22)12-2-3-13(15(17)21)18-10-12/h2-3,10-11,14H,4-9H2,1H3,(H2,17,21)/t11-,14-/m1/s1. The van der Waals surface area contributed by atoms with Crippen molar-refractivity contribution < 1.29 is 14.3 Å². The molecule has 2 fully saturated rings. The van der Waals surface area contributed by atoms with E-state index in [1.165, 1.54) is 12.3 Å². The van der Waals surface area contributed by atoms with E-state index in [1.54, 1.807) is 6.07 Å². The number of rotatable bonds is 3. The van der Waals surface area contributed by atoms with Gasteiger partial charge in [0.25, 0.3) is 11.8 Å². The van der Waals surface area contributed by atoms with Gasteiger partial charge < -0.3 is 15.4 Å². The van der Waals surface area contributed by atoms with Crippen LogP contribution in [0.5, 0.6) is 0 Å². The summed E-state index contributed by atoms with van der Waals surface area (Å²) >= 11 is 0. The lowest BCUT2D eigenvalue weighted by Gasteiger charge is -2.35. The Hall–Kier alpha value is -1.99. The summed E-state index contributed by atoms with van der Waals surface area (Å²) in [4.78, 5) is 32.0. The quantitative estimate of drug-likeness (QED) is 0.855. The molecule has 2 saturated heterocycles. The number of nitrogens with zero attached hydrogens (tertiary/aromatic N) is 3. The smallest absolute Gasteiger partial charge is 0.267 e. The van der Waals surface area contributed by atoms with Crippen molar-refractivity contribution in [3.63, 3.8) is 0 Å². The zero-order valence-corrected chi connectivity index (χ0v) is 13.3. The summed E-state index contributed by atoms with van der Waals surface area (Å²) in [6, 6.07) is 3.64. The van der Waals surface area contributed by atoms with Crippen molar-refractivity contribution in [1.29, 1.82) is 0 Å². The molecule has 7 nitrogen and oxygen atoms in total. The molecule has 1 aromatic rings. The fourth-order valence-corrected chi connectivity index (χ4v) is 3.44. The first kappa shape index (κ1) is 15.9. The molecule has 3 rings (SSSR count). The van der Waals surface area contributed by atoms with Gasteiger partial charge in [-0.1, -0.05) is 0 Å². The monoisotopic (exact) mass is 318 g/mol. The third-order valence-corrected chi connectivity index (χ3v) is 4.75. The zero-order valence-electron chi connectivity index (χ0n) is 13.3. The minimum Gasteiger partial charge on any atom is -0.379 e. The average molecular weight is 318 g/mol. The molecule has 2 N–H and O–H groups in total. The number of ether oxygens (including phenoxy) is 1. The minimum absolute atomic E-state index is 0.0446. The number of carbonyl (C=O) groups excluding carboxylic acids is 2. The van der Waals surface area contributed by atoms with Crippen LogP contribution in [-0.4, -0.2) is 71.5 Å². The number of hydrogen-bond donors (Lipinski definition) is 1. The third kappa shape index (κ3) is 3.20. The lowest BCUT2D eigenvalue weighted by molar-refractivity contribution is 0.0104. The number of likely N-dealkylation sites (tertiary alicyclic amines) is 1. The lowest BCUT2D eigenvalue weighted by Crippen LogP contribution is -2.49. The van der Waals surface area contributed by atoms with Crippen LogP contribution in [0.2, 0.25) is 0 Å². The van der Waals surface area contributed by atoms with Crippen LogP contribution in [0.15, 0.2) is 18.3 Å². The average Bonchev–Trinajstić information content (AvgIpc) is 2.96. The normalized spacial score (nSPS) is 25.5. The first-order chi connectivity index (χ1) is 11.1. The van der Waals surface area contributed by atoms with E-state index in [-0.39, 0.29) is 17.6 Å². The van der Waals surface area contributed by atoms with Crippen LogP contribution in [0.25, 0.3) is 0 Å². The molecule has 0 spiro atoms. The predicted molar refractivity (Wildman–Crippen MR) is 84.1 cm³/mol. The lowest BCUT2D eigenvalue weighted by atomic mass is 10.1. The molecule has 23 heavy (non-hydrogen) atoms. The van der Waals surface area contributed by atoms with Crippen LogP contribution in [0.1, 0.15) is 34.2 Å². The van der Waals surface area contributed by atoms with Gasteiger partial charge in [-0.2, -0.15) is 0 Å². The van der Waals surface area contributed by atoms with Gasteiger partial charge in [0, 0.05) is 37.9 Å². The predicted octanol–water partition coefficient (Wildman–Crippen LogP) is 0.116. The SMILES string of the molecule is C[C@@H]1[C@H](N2CCOCC2)CCN1C(=O)c1ccc(C(N)=O)nc1. The number of morpholine rings is 1. The van der Waals surface area contributed by atoms with E-state index in [4.69, 9.17) is 10.5 Å². The number of carbonyl (C=O) groups is 2. The molecule has 0 bridgehead atoms. The Balaban J connectivity index is 1.69. The Labute approximate surface area is 135 Å². The van der Waals surface area contributed by atoms with Crippen molar-refractivity contribution in [3.8, 4) is 0 Å². The van der Waals surface area contributed by atoms with E-state index < -0.39 is 5.91 Å². The van der Waals surface area contributed by atoms with Crippen LogP contribution in [0.3, 0.4) is 0 Å². The van der Waals surface area contributed by atoms with E-state index in [0.29, 0.717) is 11.6 Å². The molecule has 2 aliphatic rings. The molecular weight excluding hydrogens is 296 g/mol. The van der Waals surface area contributed by atoms with Gasteiger partial charge in [-0.15, -0.1) is 0 Å². The molecule has 1 aromatic heterocycles. The summed E-state index contributed by atoms with van der Waals surface area (Å²) in [6.07, 6.45) is 2.40. The molecule has 2 aliphatic heterocycles. The fraction of sp³-hybridized carbons (Fsp3) is 0.562. The van der Waals surface area contributed by atoms with Crippen LogP contribution >= 0.6 is 0 Å². The molecule has 0 aromatic carbocycles. The molecule has 3 heterocycles. The van der Waals surface area contributed by atoms with Gasteiger partial charge in [0.1, 0.15) is 5.69 Å². The number of aromatic nitrogens is 1. The summed E-state index contributed by atoms with van der Waals surface area (Å²) in [5, 5.41) is 0. The van der Waals surface area contributed by atoms with Crippen LogP contribution in [0.4, 0.5) is 0 Å². The second kappa shape index (κ2) is 6.64. The maximum Gasteiger partial charge on any atom is 0.267 e. The van der Waals surface area contributed by atoms with Gasteiger partial charge in [0.15, 0.2) is 0 Å². The van der Waals surface area contributed by atoms with Crippen LogP contribution in [-0.2, 0) is 4.74 Å². The second-order valence-electron chi connectivity index (χ2n) is 6.04. The highest BCUT2D eigenvalue weighted by Gasteiger charge is 2.38. The Bertz CT molecular complexity index is 583. The fourth-order valence-electron chi connectivity index (χ4n) is 3.44. The topological polar surface area (TPSA) is 88.8 Å². The van der Waals surface area contributed by atoms with Crippen molar-refractivity contribution >= 4 is 11.8 Å². The molecule has 2 amide bonds. The first-order valence-corrected chi connectivity index (χ1v) is 7.96. The van der Waals surface area contributed by atoms with Gasteiger partial charge in [0.2, 0.25) is 0 Å². The number of primary amides is 1. The van der Waals surface area contributed by atoms with E-state index in [9.17, 15) is 9.59 Å². The Morgan fingerprint density at radius 2 is 2.00 bits per heavy atom. The Morgan fingerprint density at radius 3 is 2.61 bits per heavy atom. The Morgan fingerprint density at radius 1 is 1.26 bits per heavy atom. The van der Waals surface area contributed by atoms with Gasteiger partial charge >= 0.3 is 0 Å². The minimum atomic E-state index is -0.592. The van der Waals surface area contributed by atoms with E-state index in [1.807, 2.05) is 4.90 Å². The number of amides is 2. The van der Waals surface area contributed by atoms with Gasteiger partial charge in [0.05, 0.1) is 18.8 Å². The molecule has 0 unspecified atom stereocenters. The van der Waals surface area contributed by atoms with E-state index >= 15 is 0 Å². The highest BCUT2D eigenvalue weighted by Crippen LogP contribution is 2.25.